The summed E-state index contributed by atoms with van der Waals surface area (Å²) in [5.41, 5.74) is 1.27. The number of methoxy groups -OCH3 is 1. The summed E-state index contributed by atoms with van der Waals surface area (Å²) >= 11 is 0. The van der Waals surface area contributed by atoms with Crippen LogP contribution >= 0.6 is 0 Å². The Balaban J connectivity index is 1.29. The highest BCUT2D eigenvalue weighted by Gasteiger charge is 2.31. The molecule has 2 aromatic rings. The zero-order chi connectivity index (χ0) is 16.4. The second kappa shape index (κ2) is 6.76. The fraction of sp³-hybridized carbons (Fsp3) is 0.588. The number of anilines is 1. The molecular weight excluding hydrogens is 306 g/mol. The molecule has 0 aromatic carbocycles. The molecule has 2 aromatic heterocycles. The molecule has 4 rings (SSSR count). The summed E-state index contributed by atoms with van der Waals surface area (Å²) in [6.07, 6.45) is 8.10. The van der Waals surface area contributed by atoms with Crippen LogP contribution in [0.3, 0.4) is 0 Å². The Labute approximate surface area is 141 Å². The van der Waals surface area contributed by atoms with Gasteiger partial charge in [0.15, 0.2) is 0 Å². The molecule has 0 atom stereocenters. The molecule has 0 unspecified atom stereocenters. The summed E-state index contributed by atoms with van der Waals surface area (Å²) in [6, 6.07) is 2.28. The van der Waals surface area contributed by atoms with E-state index in [-0.39, 0.29) is 0 Å². The van der Waals surface area contributed by atoms with E-state index in [9.17, 15) is 0 Å². The van der Waals surface area contributed by atoms with Crippen LogP contribution in [0.4, 0.5) is 5.82 Å². The van der Waals surface area contributed by atoms with Crippen LogP contribution in [-0.4, -0.2) is 46.3 Å². The highest BCUT2D eigenvalue weighted by Crippen LogP contribution is 2.41. The summed E-state index contributed by atoms with van der Waals surface area (Å²) in [5, 5.41) is 7.48. The Morgan fingerprint density at radius 2 is 2.08 bits per heavy atom. The van der Waals surface area contributed by atoms with Gasteiger partial charge in [-0.2, -0.15) is 0 Å². The average Bonchev–Trinajstić information content (AvgIpc) is 3.36. The highest BCUT2D eigenvalue weighted by molar-refractivity contribution is 5.38. The quantitative estimate of drug-likeness (QED) is 0.872. The van der Waals surface area contributed by atoms with Crippen molar-refractivity contribution in [2.75, 3.05) is 25.5 Å². The number of hydrogen-bond acceptors (Lipinski definition) is 7. The lowest BCUT2D eigenvalue weighted by molar-refractivity contribution is 0.209. The lowest BCUT2D eigenvalue weighted by Gasteiger charge is -2.32. The van der Waals surface area contributed by atoms with Gasteiger partial charge in [-0.05, 0) is 25.7 Å². The lowest BCUT2D eigenvalue weighted by atomic mass is 10.0. The first-order chi connectivity index (χ1) is 11.8. The number of hydrogen-bond donors (Lipinski definition) is 1. The van der Waals surface area contributed by atoms with E-state index in [0.29, 0.717) is 17.8 Å². The van der Waals surface area contributed by atoms with Crippen LogP contribution < -0.4 is 10.1 Å². The molecule has 3 heterocycles. The first-order valence-corrected chi connectivity index (χ1v) is 8.60. The van der Waals surface area contributed by atoms with Crippen molar-refractivity contribution in [2.45, 2.75) is 44.2 Å². The van der Waals surface area contributed by atoms with Crippen LogP contribution in [0.25, 0.3) is 0 Å². The number of rotatable bonds is 6. The van der Waals surface area contributed by atoms with Gasteiger partial charge >= 0.3 is 0 Å². The van der Waals surface area contributed by atoms with Crippen LogP contribution in [-0.2, 0) is 6.54 Å². The molecular formula is C17H23N5O2. The van der Waals surface area contributed by atoms with Gasteiger partial charge in [-0.25, -0.2) is 9.97 Å². The van der Waals surface area contributed by atoms with E-state index in [4.69, 9.17) is 9.26 Å². The van der Waals surface area contributed by atoms with Crippen molar-refractivity contribution in [3.63, 3.8) is 0 Å². The van der Waals surface area contributed by atoms with Crippen molar-refractivity contribution in [1.29, 1.82) is 0 Å². The molecule has 2 fully saturated rings. The zero-order valence-electron chi connectivity index (χ0n) is 13.9. The first-order valence-electron chi connectivity index (χ1n) is 8.60. The predicted octanol–water partition coefficient (Wildman–Crippen LogP) is 2.43. The second-order valence-corrected chi connectivity index (χ2v) is 6.63. The van der Waals surface area contributed by atoms with Gasteiger partial charge in [-0.1, -0.05) is 5.16 Å². The van der Waals surface area contributed by atoms with Crippen LogP contribution in [0, 0.1) is 0 Å². The zero-order valence-corrected chi connectivity index (χ0v) is 13.9. The van der Waals surface area contributed by atoms with Gasteiger partial charge in [0.25, 0.3) is 0 Å². The Hall–Kier alpha value is -2.15. The number of nitrogens with one attached hydrogen (secondary N) is 1. The average molecular weight is 329 g/mol. The van der Waals surface area contributed by atoms with Gasteiger partial charge in [0.05, 0.1) is 13.3 Å². The van der Waals surface area contributed by atoms with Crippen molar-refractivity contribution in [3.8, 4) is 5.88 Å². The smallest absolute Gasteiger partial charge is 0.218 e. The van der Waals surface area contributed by atoms with Crippen LogP contribution in [0.1, 0.15) is 42.9 Å². The minimum Gasteiger partial charge on any atom is -0.481 e. The van der Waals surface area contributed by atoms with Gasteiger partial charge in [-0.15, -0.1) is 0 Å². The summed E-state index contributed by atoms with van der Waals surface area (Å²) in [7, 11) is 1.62. The molecule has 0 amide bonds. The minimum absolute atomic E-state index is 0.436. The largest absolute Gasteiger partial charge is 0.481 e. The molecule has 0 bridgehead atoms. The molecule has 2 aliphatic rings. The highest BCUT2D eigenvalue weighted by atomic mass is 16.5. The number of piperidine rings is 1. The van der Waals surface area contributed by atoms with E-state index in [1.165, 1.54) is 24.7 Å². The van der Waals surface area contributed by atoms with Crippen molar-refractivity contribution in [1.82, 2.24) is 20.0 Å². The molecule has 1 aliphatic heterocycles. The summed E-state index contributed by atoms with van der Waals surface area (Å²) in [5.74, 6) is 3.15. The molecule has 1 N–H and O–H groups in total. The van der Waals surface area contributed by atoms with Crippen molar-refractivity contribution in [2.24, 2.45) is 0 Å². The molecule has 1 saturated heterocycles. The Bertz CT molecular complexity index is 677. The maximum Gasteiger partial charge on any atom is 0.218 e. The molecule has 1 aliphatic carbocycles. The van der Waals surface area contributed by atoms with Gasteiger partial charge < -0.3 is 14.6 Å². The van der Waals surface area contributed by atoms with Gasteiger partial charge in [0, 0.05) is 43.2 Å². The number of ether oxygens (including phenoxy) is 1. The molecule has 0 radical (unpaired) electrons. The van der Waals surface area contributed by atoms with Crippen LogP contribution in [0.15, 0.2) is 23.1 Å². The Morgan fingerprint density at radius 1 is 1.25 bits per heavy atom. The van der Waals surface area contributed by atoms with Crippen LogP contribution in [0.2, 0.25) is 0 Å². The molecule has 7 heteroatoms. The molecule has 7 nitrogen and oxygen atoms in total. The van der Waals surface area contributed by atoms with Gasteiger partial charge in [0.2, 0.25) is 5.88 Å². The Morgan fingerprint density at radius 3 is 2.83 bits per heavy atom. The lowest BCUT2D eigenvalue weighted by Crippen LogP contribution is -2.38. The van der Waals surface area contributed by atoms with E-state index < -0.39 is 0 Å². The van der Waals surface area contributed by atoms with E-state index in [2.05, 4.69) is 25.3 Å². The fourth-order valence-electron chi connectivity index (χ4n) is 3.29. The summed E-state index contributed by atoms with van der Waals surface area (Å²) in [4.78, 5) is 10.8. The van der Waals surface area contributed by atoms with E-state index in [0.717, 1.165) is 44.1 Å². The van der Waals surface area contributed by atoms with Gasteiger partial charge in [-0.3, -0.25) is 4.90 Å². The maximum absolute atomic E-state index is 5.44. The number of likely N-dealkylation sites (tertiary alicyclic amines) is 1. The first kappa shape index (κ1) is 15.4. The minimum atomic E-state index is 0.436. The summed E-state index contributed by atoms with van der Waals surface area (Å²) < 4.78 is 10.6. The van der Waals surface area contributed by atoms with Gasteiger partial charge in [0.1, 0.15) is 17.9 Å². The molecule has 24 heavy (non-hydrogen) atoms. The topological polar surface area (TPSA) is 76.3 Å². The van der Waals surface area contributed by atoms with Crippen molar-refractivity contribution in [3.05, 3.63) is 29.9 Å². The van der Waals surface area contributed by atoms with Crippen LogP contribution in [0.5, 0.6) is 5.88 Å². The van der Waals surface area contributed by atoms with E-state index in [1.807, 2.05) is 12.3 Å². The standard InChI is InChI=1S/C17H23N5O2/c1-23-16-8-15(18-11-19-16)21-14-4-6-22(7-5-14)10-13-9-20-24-17(13)12-2-3-12/h8-9,11-12,14H,2-7,10H2,1H3,(H,18,19,21). The monoisotopic (exact) mass is 329 g/mol. The summed E-state index contributed by atoms with van der Waals surface area (Å²) in [6.45, 7) is 3.08. The third-order valence-corrected chi connectivity index (χ3v) is 4.81. The molecule has 128 valence electrons. The van der Waals surface area contributed by atoms with Crippen molar-refractivity contribution >= 4 is 5.82 Å². The third kappa shape index (κ3) is 3.51. The van der Waals surface area contributed by atoms with E-state index >= 15 is 0 Å². The Kier molecular flexibility index (Phi) is 4.34. The maximum atomic E-state index is 5.44. The van der Waals surface area contributed by atoms with E-state index in [1.54, 1.807) is 7.11 Å². The number of nitrogens with zero attached hydrogens (tertiary/aromatic N) is 4. The SMILES string of the molecule is COc1cc(NC2CCN(Cc3cnoc3C3CC3)CC2)ncn1. The second-order valence-electron chi connectivity index (χ2n) is 6.63. The number of aromatic nitrogens is 3. The molecule has 1 saturated carbocycles. The molecule has 0 spiro atoms. The fourth-order valence-corrected chi connectivity index (χ4v) is 3.29. The predicted molar refractivity (Wildman–Crippen MR) is 89.0 cm³/mol. The van der Waals surface area contributed by atoms with Crippen molar-refractivity contribution < 1.29 is 9.26 Å². The normalized spacial score (nSPS) is 19.4. The third-order valence-electron chi connectivity index (χ3n) is 4.81.